The van der Waals surface area contributed by atoms with Gasteiger partial charge >= 0.3 is 0 Å². The number of fused-ring (bicyclic) bond motifs is 1. The fraction of sp³-hybridized carbons (Fsp3) is 0.0455. The smallest absolute Gasteiger partial charge is 0.270 e. The number of amides is 1. The third-order valence-corrected chi connectivity index (χ3v) is 4.55. The molecule has 1 heterocycles. The maximum Gasteiger partial charge on any atom is 0.270 e. The van der Waals surface area contributed by atoms with Gasteiger partial charge in [-0.05, 0) is 60.5 Å². The van der Waals surface area contributed by atoms with Crippen LogP contribution in [0.4, 0.5) is 15.8 Å². The molecule has 1 N–H and O–H groups in total. The molecular formula is C22H16FN5O3. The fourth-order valence-electron chi connectivity index (χ4n) is 2.98. The predicted molar refractivity (Wildman–Crippen MR) is 114 cm³/mol. The molecular weight excluding hydrogens is 401 g/mol. The van der Waals surface area contributed by atoms with Crippen LogP contribution < -0.4 is 5.32 Å². The van der Waals surface area contributed by atoms with E-state index < -0.39 is 4.92 Å². The molecule has 31 heavy (non-hydrogen) atoms. The number of aryl methyl sites for hydroxylation is 1. The molecule has 0 fully saturated rings. The predicted octanol–water partition coefficient (Wildman–Crippen LogP) is 4.43. The normalized spacial score (nSPS) is 11.2. The first-order chi connectivity index (χ1) is 14.9. The van der Waals surface area contributed by atoms with Gasteiger partial charge < -0.3 is 5.32 Å². The summed E-state index contributed by atoms with van der Waals surface area (Å²) in [4.78, 5) is 24.1. The summed E-state index contributed by atoms with van der Waals surface area (Å²) in [6.45, 7) is 1.83. The van der Waals surface area contributed by atoms with Gasteiger partial charge in [0.2, 0.25) is 5.91 Å². The van der Waals surface area contributed by atoms with Crippen LogP contribution >= 0.6 is 0 Å². The summed E-state index contributed by atoms with van der Waals surface area (Å²) in [5.41, 5.74) is 3.65. The molecule has 0 aliphatic heterocycles. The lowest BCUT2D eigenvalue weighted by molar-refractivity contribution is -0.384. The van der Waals surface area contributed by atoms with E-state index in [1.165, 1.54) is 41.2 Å². The zero-order valence-corrected chi connectivity index (χ0v) is 16.3. The Morgan fingerprint density at radius 3 is 2.52 bits per heavy atom. The number of rotatable bonds is 5. The molecule has 8 nitrogen and oxygen atoms in total. The summed E-state index contributed by atoms with van der Waals surface area (Å²) in [5.74, 6) is -0.737. The van der Waals surface area contributed by atoms with E-state index in [4.69, 9.17) is 0 Å². The summed E-state index contributed by atoms with van der Waals surface area (Å²) in [7, 11) is 0. The zero-order valence-electron chi connectivity index (χ0n) is 16.3. The van der Waals surface area contributed by atoms with E-state index in [0.717, 1.165) is 5.56 Å². The monoisotopic (exact) mass is 417 g/mol. The second kappa shape index (κ2) is 8.15. The first kappa shape index (κ1) is 19.9. The summed E-state index contributed by atoms with van der Waals surface area (Å²) in [5, 5.41) is 22.4. The van der Waals surface area contributed by atoms with E-state index in [0.29, 0.717) is 28.0 Å². The van der Waals surface area contributed by atoms with Crippen LogP contribution in [0.5, 0.6) is 0 Å². The average molecular weight is 417 g/mol. The van der Waals surface area contributed by atoms with Gasteiger partial charge in [-0.25, -0.2) is 4.39 Å². The number of hydrogen-bond acceptors (Lipinski definition) is 5. The number of carbonyl (C=O) groups is 1. The molecule has 4 aromatic rings. The quantitative estimate of drug-likeness (QED) is 0.294. The summed E-state index contributed by atoms with van der Waals surface area (Å²) in [6, 6.07) is 15.3. The second-order valence-electron chi connectivity index (χ2n) is 6.80. The number of hydrogen-bond donors (Lipinski definition) is 1. The number of anilines is 1. The lowest BCUT2D eigenvalue weighted by atomic mass is 10.1. The van der Waals surface area contributed by atoms with Crippen molar-refractivity contribution in [3.05, 3.63) is 93.8 Å². The average Bonchev–Trinajstić information content (AvgIpc) is 3.16. The molecule has 0 aliphatic rings. The molecule has 154 valence electrons. The Labute approximate surface area is 175 Å². The van der Waals surface area contributed by atoms with Crippen LogP contribution in [0, 0.1) is 22.9 Å². The fourth-order valence-corrected chi connectivity index (χ4v) is 2.98. The second-order valence-corrected chi connectivity index (χ2v) is 6.80. The first-order valence-corrected chi connectivity index (χ1v) is 9.26. The Morgan fingerprint density at radius 2 is 1.81 bits per heavy atom. The van der Waals surface area contributed by atoms with Gasteiger partial charge in [-0.2, -0.15) is 4.80 Å². The molecule has 1 aromatic heterocycles. The number of aromatic nitrogens is 3. The highest BCUT2D eigenvalue weighted by atomic mass is 19.1. The van der Waals surface area contributed by atoms with Gasteiger partial charge in [0.25, 0.3) is 5.69 Å². The Kier molecular flexibility index (Phi) is 5.23. The number of nitro benzene ring substituents is 1. The molecule has 1 amide bonds. The van der Waals surface area contributed by atoms with Crippen LogP contribution in [0.1, 0.15) is 11.1 Å². The molecule has 3 aromatic carbocycles. The van der Waals surface area contributed by atoms with E-state index >= 15 is 0 Å². The maximum absolute atomic E-state index is 13.1. The van der Waals surface area contributed by atoms with Gasteiger partial charge in [-0.1, -0.05) is 12.1 Å². The highest BCUT2D eigenvalue weighted by Crippen LogP contribution is 2.22. The molecule has 0 saturated carbocycles. The van der Waals surface area contributed by atoms with Crippen molar-refractivity contribution in [3.63, 3.8) is 0 Å². The Balaban J connectivity index is 1.54. The number of non-ortho nitro benzene ring substituents is 1. The lowest BCUT2D eigenvalue weighted by Crippen LogP contribution is -2.08. The first-order valence-electron chi connectivity index (χ1n) is 9.26. The highest BCUT2D eigenvalue weighted by molar-refractivity contribution is 6.03. The van der Waals surface area contributed by atoms with Crippen molar-refractivity contribution in [3.8, 4) is 5.69 Å². The van der Waals surface area contributed by atoms with Crippen LogP contribution in [0.2, 0.25) is 0 Å². The molecule has 0 unspecified atom stereocenters. The van der Waals surface area contributed by atoms with Crippen molar-refractivity contribution in [1.29, 1.82) is 0 Å². The number of halogens is 1. The minimum absolute atomic E-state index is 0.0481. The van der Waals surface area contributed by atoms with Crippen LogP contribution in [-0.2, 0) is 4.79 Å². The van der Waals surface area contributed by atoms with Crippen LogP contribution in [0.15, 0.2) is 66.7 Å². The lowest BCUT2D eigenvalue weighted by Gasteiger charge is -2.05. The minimum atomic E-state index is -0.491. The molecule has 0 atom stereocenters. The number of carbonyl (C=O) groups excluding carboxylic acids is 1. The third kappa shape index (κ3) is 4.45. The van der Waals surface area contributed by atoms with Crippen LogP contribution in [0.25, 0.3) is 22.8 Å². The van der Waals surface area contributed by atoms with Crippen LogP contribution in [0.3, 0.4) is 0 Å². The molecule has 4 rings (SSSR count). The van der Waals surface area contributed by atoms with Crippen LogP contribution in [-0.4, -0.2) is 25.8 Å². The van der Waals surface area contributed by atoms with E-state index in [1.54, 1.807) is 36.4 Å². The van der Waals surface area contributed by atoms with E-state index in [2.05, 4.69) is 15.5 Å². The molecule has 0 bridgehead atoms. The maximum atomic E-state index is 13.1. The SMILES string of the molecule is Cc1cc2nn(-c3ccc(F)cc3)nc2cc1NC(=O)C=Cc1cccc([N+](=O)[O-])c1. The van der Waals surface area contributed by atoms with Crippen molar-refractivity contribution in [2.24, 2.45) is 0 Å². The van der Waals surface area contributed by atoms with Crippen molar-refractivity contribution in [2.45, 2.75) is 6.92 Å². The number of nitrogens with zero attached hydrogens (tertiary/aromatic N) is 4. The van der Waals surface area contributed by atoms with Gasteiger partial charge in [-0.15, -0.1) is 10.2 Å². The zero-order chi connectivity index (χ0) is 22.0. The van der Waals surface area contributed by atoms with E-state index in [1.807, 2.05) is 6.92 Å². The van der Waals surface area contributed by atoms with Crippen molar-refractivity contribution in [1.82, 2.24) is 15.0 Å². The van der Waals surface area contributed by atoms with Gasteiger partial charge in [0.1, 0.15) is 16.9 Å². The Bertz CT molecular complexity index is 1330. The number of nitro groups is 1. The van der Waals surface area contributed by atoms with Crippen molar-refractivity contribution < 1.29 is 14.1 Å². The topological polar surface area (TPSA) is 103 Å². The van der Waals surface area contributed by atoms with Crippen molar-refractivity contribution >= 4 is 34.4 Å². The standard InChI is InChI=1S/C22H16FN5O3/c1-14-11-20-21(26-27(25-20)17-8-6-16(23)7-9-17)13-19(14)24-22(29)10-5-15-3-2-4-18(12-15)28(30)31/h2-13H,1H3,(H,24,29). The summed E-state index contributed by atoms with van der Waals surface area (Å²) >= 11 is 0. The van der Waals surface area contributed by atoms with Gasteiger partial charge in [-0.3, -0.25) is 14.9 Å². The molecule has 0 aliphatic carbocycles. The van der Waals surface area contributed by atoms with Gasteiger partial charge in [0, 0.05) is 23.9 Å². The van der Waals surface area contributed by atoms with E-state index in [-0.39, 0.29) is 17.4 Å². The summed E-state index contributed by atoms with van der Waals surface area (Å²) in [6.07, 6.45) is 2.80. The largest absolute Gasteiger partial charge is 0.322 e. The molecule has 0 spiro atoms. The molecule has 9 heteroatoms. The Hall–Kier alpha value is -4.40. The highest BCUT2D eigenvalue weighted by Gasteiger charge is 2.10. The number of nitrogens with one attached hydrogen (secondary N) is 1. The third-order valence-electron chi connectivity index (χ3n) is 4.55. The molecule has 0 radical (unpaired) electrons. The van der Waals surface area contributed by atoms with Crippen molar-refractivity contribution in [2.75, 3.05) is 5.32 Å². The molecule has 0 saturated heterocycles. The summed E-state index contributed by atoms with van der Waals surface area (Å²) < 4.78 is 13.1. The van der Waals surface area contributed by atoms with Gasteiger partial charge in [0.15, 0.2) is 0 Å². The Morgan fingerprint density at radius 1 is 1.10 bits per heavy atom. The van der Waals surface area contributed by atoms with E-state index in [9.17, 15) is 19.3 Å². The van der Waals surface area contributed by atoms with Gasteiger partial charge in [0.05, 0.1) is 10.6 Å². The number of benzene rings is 3. The minimum Gasteiger partial charge on any atom is -0.322 e.